The first-order valence-corrected chi connectivity index (χ1v) is 6.67. The molecule has 0 bridgehead atoms. The number of hydrogen-bond donors (Lipinski definition) is 1. The second-order valence-electron chi connectivity index (χ2n) is 4.75. The average Bonchev–Trinajstić information content (AvgIpc) is 2.97. The van der Waals surface area contributed by atoms with Gasteiger partial charge in [0, 0.05) is 12.1 Å². The van der Waals surface area contributed by atoms with E-state index in [0.29, 0.717) is 31.5 Å². The van der Waals surface area contributed by atoms with Gasteiger partial charge in [-0.3, -0.25) is 4.90 Å². The van der Waals surface area contributed by atoms with Gasteiger partial charge in [-0.2, -0.15) is 0 Å². The van der Waals surface area contributed by atoms with Crippen molar-refractivity contribution in [3.63, 3.8) is 0 Å². The number of aliphatic hydroxyl groups is 1. The summed E-state index contributed by atoms with van der Waals surface area (Å²) in [5, 5.41) is 17.5. The van der Waals surface area contributed by atoms with Crippen molar-refractivity contribution in [1.82, 2.24) is 15.1 Å². The molecule has 1 unspecified atom stereocenters. The molecule has 0 spiro atoms. The van der Waals surface area contributed by atoms with Gasteiger partial charge < -0.3 is 14.3 Å². The third-order valence-electron chi connectivity index (χ3n) is 3.39. The topological polar surface area (TPSA) is 71.6 Å². The van der Waals surface area contributed by atoms with Crippen LogP contribution in [0.2, 0.25) is 0 Å². The number of hydrogen-bond acceptors (Lipinski definition) is 6. The first kappa shape index (κ1) is 13.2. The Morgan fingerprint density at radius 3 is 2.90 bits per heavy atom. The van der Waals surface area contributed by atoms with E-state index in [-0.39, 0.29) is 12.6 Å². The van der Waals surface area contributed by atoms with Crippen LogP contribution in [0.15, 0.2) is 34.7 Å². The van der Waals surface area contributed by atoms with Gasteiger partial charge >= 0.3 is 0 Å². The number of aromatic nitrogens is 2. The maximum absolute atomic E-state index is 9.33. The van der Waals surface area contributed by atoms with E-state index in [2.05, 4.69) is 15.1 Å². The molecule has 1 aromatic carbocycles. The van der Waals surface area contributed by atoms with Gasteiger partial charge in [0.05, 0.1) is 32.4 Å². The highest BCUT2D eigenvalue weighted by molar-refractivity contribution is 5.51. The number of benzene rings is 1. The minimum absolute atomic E-state index is 0.00387. The largest absolute Gasteiger partial charge is 0.419 e. The van der Waals surface area contributed by atoms with Crippen molar-refractivity contribution < 1.29 is 14.3 Å². The normalized spacial score (nSPS) is 20.1. The van der Waals surface area contributed by atoms with Crippen LogP contribution in [-0.4, -0.2) is 52.6 Å². The quantitative estimate of drug-likeness (QED) is 0.895. The lowest BCUT2D eigenvalue weighted by atomic mass is 10.2. The molecule has 1 atom stereocenters. The van der Waals surface area contributed by atoms with E-state index >= 15 is 0 Å². The van der Waals surface area contributed by atoms with E-state index in [1.807, 2.05) is 30.3 Å². The second-order valence-corrected chi connectivity index (χ2v) is 4.75. The molecule has 3 rings (SSSR count). The molecule has 2 aromatic rings. The van der Waals surface area contributed by atoms with Gasteiger partial charge in [-0.05, 0) is 12.1 Å². The van der Waals surface area contributed by atoms with E-state index < -0.39 is 0 Å². The molecule has 1 aliphatic heterocycles. The highest BCUT2D eigenvalue weighted by atomic mass is 16.5. The molecule has 6 nitrogen and oxygen atoms in total. The summed E-state index contributed by atoms with van der Waals surface area (Å²) >= 11 is 0. The number of ether oxygens (including phenoxy) is 1. The van der Waals surface area contributed by atoms with Gasteiger partial charge in [-0.1, -0.05) is 18.2 Å². The molecule has 1 aromatic heterocycles. The molecule has 0 amide bonds. The van der Waals surface area contributed by atoms with Crippen LogP contribution >= 0.6 is 0 Å². The monoisotopic (exact) mass is 275 g/mol. The zero-order valence-corrected chi connectivity index (χ0v) is 11.1. The summed E-state index contributed by atoms with van der Waals surface area (Å²) in [4.78, 5) is 2.10. The summed E-state index contributed by atoms with van der Waals surface area (Å²) in [6, 6.07) is 9.67. The Bertz CT molecular complexity index is 544. The maximum Gasteiger partial charge on any atom is 0.247 e. The van der Waals surface area contributed by atoms with Gasteiger partial charge in [0.2, 0.25) is 11.8 Å². The van der Waals surface area contributed by atoms with Crippen LogP contribution in [0, 0.1) is 0 Å². The molecule has 20 heavy (non-hydrogen) atoms. The molecular formula is C14H17N3O3. The molecular weight excluding hydrogens is 258 g/mol. The summed E-state index contributed by atoms with van der Waals surface area (Å²) in [7, 11) is 0. The lowest BCUT2D eigenvalue weighted by Gasteiger charge is -2.33. The third kappa shape index (κ3) is 2.87. The lowest BCUT2D eigenvalue weighted by Crippen LogP contribution is -2.46. The van der Waals surface area contributed by atoms with Gasteiger partial charge in [0.1, 0.15) is 0 Å². The zero-order valence-electron chi connectivity index (χ0n) is 11.1. The smallest absolute Gasteiger partial charge is 0.247 e. The van der Waals surface area contributed by atoms with Crippen LogP contribution in [0.3, 0.4) is 0 Å². The summed E-state index contributed by atoms with van der Waals surface area (Å²) in [6.07, 6.45) is 0. The molecule has 1 aliphatic rings. The highest BCUT2D eigenvalue weighted by Gasteiger charge is 2.24. The summed E-state index contributed by atoms with van der Waals surface area (Å²) in [6.45, 7) is 2.56. The lowest BCUT2D eigenvalue weighted by molar-refractivity contribution is -0.0342. The van der Waals surface area contributed by atoms with Crippen LogP contribution in [0.4, 0.5) is 0 Å². The maximum atomic E-state index is 9.33. The van der Waals surface area contributed by atoms with Crippen molar-refractivity contribution in [2.75, 3.05) is 26.4 Å². The van der Waals surface area contributed by atoms with Crippen LogP contribution < -0.4 is 0 Å². The van der Waals surface area contributed by atoms with E-state index in [4.69, 9.17) is 9.15 Å². The predicted molar refractivity (Wildman–Crippen MR) is 71.8 cm³/mol. The fourth-order valence-electron chi connectivity index (χ4n) is 2.25. The molecule has 1 saturated heterocycles. The number of nitrogens with zero attached hydrogens (tertiary/aromatic N) is 3. The summed E-state index contributed by atoms with van der Waals surface area (Å²) in [5.74, 6) is 1.08. The molecule has 1 N–H and O–H groups in total. The molecule has 6 heteroatoms. The summed E-state index contributed by atoms with van der Waals surface area (Å²) in [5.41, 5.74) is 0.909. The van der Waals surface area contributed by atoms with Crippen molar-refractivity contribution in [2.45, 2.75) is 12.6 Å². The standard InChI is InChI=1S/C14H17N3O3/c18-9-12-10-19-7-6-17(12)8-13-15-16-14(20-13)11-4-2-1-3-5-11/h1-5,12,18H,6-10H2. The first-order chi connectivity index (χ1) is 9.86. The minimum Gasteiger partial charge on any atom is -0.419 e. The molecule has 106 valence electrons. The van der Waals surface area contributed by atoms with E-state index in [0.717, 1.165) is 12.1 Å². The Balaban J connectivity index is 1.71. The number of rotatable bonds is 4. The van der Waals surface area contributed by atoms with Crippen molar-refractivity contribution in [2.24, 2.45) is 0 Å². The van der Waals surface area contributed by atoms with E-state index in [9.17, 15) is 5.11 Å². The minimum atomic E-state index is -0.00387. The van der Waals surface area contributed by atoms with Gasteiger partial charge in [0.15, 0.2) is 0 Å². The van der Waals surface area contributed by atoms with Gasteiger partial charge in [0.25, 0.3) is 0 Å². The van der Waals surface area contributed by atoms with E-state index in [1.54, 1.807) is 0 Å². The Morgan fingerprint density at radius 1 is 1.25 bits per heavy atom. The Kier molecular flexibility index (Phi) is 4.05. The average molecular weight is 275 g/mol. The van der Waals surface area contributed by atoms with E-state index in [1.165, 1.54) is 0 Å². The Morgan fingerprint density at radius 2 is 2.10 bits per heavy atom. The van der Waals surface area contributed by atoms with Gasteiger partial charge in [-0.25, -0.2) is 0 Å². The second kappa shape index (κ2) is 6.13. The van der Waals surface area contributed by atoms with Crippen LogP contribution in [0.25, 0.3) is 11.5 Å². The number of aliphatic hydroxyl groups excluding tert-OH is 1. The van der Waals surface area contributed by atoms with Crippen LogP contribution in [-0.2, 0) is 11.3 Å². The van der Waals surface area contributed by atoms with Crippen LogP contribution in [0.5, 0.6) is 0 Å². The third-order valence-corrected chi connectivity index (χ3v) is 3.39. The zero-order chi connectivity index (χ0) is 13.8. The Labute approximate surface area is 117 Å². The fraction of sp³-hybridized carbons (Fsp3) is 0.429. The Hall–Kier alpha value is -1.76. The summed E-state index contributed by atoms with van der Waals surface area (Å²) < 4.78 is 11.0. The SMILES string of the molecule is OCC1COCCN1Cc1nnc(-c2ccccc2)o1. The van der Waals surface area contributed by atoms with Crippen molar-refractivity contribution in [3.05, 3.63) is 36.2 Å². The van der Waals surface area contributed by atoms with Crippen LogP contribution in [0.1, 0.15) is 5.89 Å². The molecule has 1 fully saturated rings. The molecule has 0 radical (unpaired) electrons. The molecule has 0 saturated carbocycles. The first-order valence-electron chi connectivity index (χ1n) is 6.67. The molecule has 0 aliphatic carbocycles. The fourth-order valence-corrected chi connectivity index (χ4v) is 2.25. The van der Waals surface area contributed by atoms with Gasteiger partial charge in [-0.15, -0.1) is 10.2 Å². The van der Waals surface area contributed by atoms with Crippen molar-refractivity contribution in [3.8, 4) is 11.5 Å². The van der Waals surface area contributed by atoms with Crippen molar-refractivity contribution >= 4 is 0 Å². The predicted octanol–water partition coefficient (Wildman–Crippen LogP) is 0.930. The highest BCUT2D eigenvalue weighted by Crippen LogP contribution is 2.18. The van der Waals surface area contributed by atoms with Crippen molar-refractivity contribution in [1.29, 1.82) is 0 Å². The molecule has 2 heterocycles. The number of morpholine rings is 1.